The molecule has 0 saturated heterocycles. The third-order valence-corrected chi connectivity index (χ3v) is 8.61. The lowest BCUT2D eigenvalue weighted by molar-refractivity contribution is -0.113. The third-order valence-electron chi connectivity index (χ3n) is 6.44. The Bertz CT molecular complexity index is 1240. The minimum atomic E-state index is -0.384. The molecular weight excluding hydrogens is 492 g/mol. The molecule has 0 radical (unpaired) electrons. The van der Waals surface area contributed by atoms with Crippen LogP contribution in [0.1, 0.15) is 73.3 Å². The second-order valence-electron chi connectivity index (χ2n) is 9.97. The van der Waals surface area contributed by atoms with E-state index in [4.69, 9.17) is 4.74 Å². The molecule has 3 aromatic rings. The molecule has 1 aromatic carbocycles. The van der Waals surface area contributed by atoms with Gasteiger partial charge in [-0.2, -0.15) is 0 Å². The first kappa shape index (κ1) is 26.4. The predicted octanol–water partition coefficient (Wildman–Crippen LogP) is 6.11. The van der Waals surface area contributed by atoms with Crippen molar-refractivity contribution in [3.63, 3.8) is 0 Å². The Balaban J connectivity index is 1.48. The number of nitrogens with one attached hydrogen (secondary N) is 1. The van der Waals surface area contributed by atoms with Crippen molar-refractivity contribution < 1.29 is 14.3 Å². The van der Waals surface area contributed by atoms with E-state index in [1.807, 2.05) is 11.5 Å². The molecule has 1 aliphatic rings. The average Bonchev–Trinajstić information content (AvgIpc) is 3.34. The maximum Gasteiger partial charge on any atom is 0.341 e. The molecule has 0 atom stereocenters. The summed E-state index contributed by atoms with van der Waals surface area (Å²) in [6, 6.07) is 8.41. The summed E-state index contributed by atoms with van der Waals surface area (Å²) in [6.45, 7) is 9.31. The van der Waals surface area contributed by atoms with Gasteiger partial charge in [-0.05, 0) is 49.1 Å². The zero-order chi connectivity index (χ0) is 25.9. The largest absolute Gasteiger partial charge is 0.465 e. The maximum atomic E-state index is 12.9. The number of aryl methyl sites for hydroxylation is 1. The van der Waals surface area contributed by atoms with Gasteiger partial charge in [0.15, 0.2) is 11.0 Å². The van der Waals surface area contributed by atoms with Gasteiger partial charge in [0.25, 0.3) is 0 Å². The zero-order valence-electron chi connectivity index (χ0n) is 21.6. The fraction of sp³-hybridized carbons (Fsp3) is 0.481. The Morgan fingerprint density at radius 2 is 1.83 bits per heavy atom. The second-order valence-corrected chi connectivity index (χ2v) is 12.0. The van der Waals surface area contributed by atoms with E-state index in [0.29, 0.717) is 22.3 Å². The third kappa shape index (κ3) is 5.67. The van der Waals surface area contributed by atoms with Gasteiger partial charge in [-0.1, -0.05) is 63.2 Å². The average molecular weight is 527 g/mol. The first-order valence-electron chi connectivity index (χ1n) is 12.4. The number of esters is 1. The number of methoxy groups -OCH3 is 1. The van der Waals surface area contributed by atoms with Gasteiger partial charge in [0.2, 0.25) is 5.91 Å². The van der Waals surface area contributed by atoms with Crippen molar-refractivity contribution in [1.82, 2.24) is 14.8 Å². The monoisotopic (exact) mass is 526 g/mol. The normalized spacial score (nSPS) is 13.7. The minimum absolute atomic E-state index is 0.0835. The van der Waals surface area contributed by atoms with Gasteiger partial charge in [-0.3, -0.25) is 4.79 Å². The standard InChI is InChI=1S/C27H34N4O3S2/c1-6-31-23(17-12-14-18(15-13-17)27(2,3)4)29-30-26(31)35-16-21(32)28-24-22(25(33)34-5)19-10-8-7-9-11-20(19)36-24/h12-15H,6-11,16H2,1-5H3,(H,28,32). The Labute approximate surface area is 221 Å². The number of carbonyl (C=O) groups is 2. The molecule has 1 aliphatic carbocycles. The lowest BCUT2D eigenvalue weighted by Gasteiger charge is -2.19. The summed E-state index contributed by atoms with van der Waals surface area (Å²) in [6.07, 6.45) is 5.09. The van der Waals surface area contributed by atoms with Gasteiger partial charge in [0, 0.05) is 17.0 Å². The van der Waals surface area contributed by atoms with Crippen molar-refractivity contribution >= 4 is 40.0 Å². The van der Waals surface area contributed by atoms with E-state index >= 15 is 0 Å². The van der Waals surface area contributed by atoms with Gasteiger partial charge in [-0.25, -0.2) is 4.79 Å². The van der Waals surface area contributed by atoms with Crippen molar-refractivity contribution in [2.45, 2.75) is 76.9 Å². The number of hydrogen-bond donors (Lipinski definition) is 1. The SMILES string of the molecule is CCn1c(SCC(=O)Nc2sc3c(c2C(=O)OC)CCCCC3)nnc1-c1ccc(C(C)(C)C)cc1. The van der Waals surface area contributed by atoms with Crippen LogP contribution in [0.2, 0.25) is 0 Å². The van der Waals surface area contributed by atoms with Gasteiger partial charge in [-0.15, -0.1) is 21.5 Å². The van der Waals surface area contributed by atoms with E-state index < -0.39 is 0 Å². The number of hydrogen-bond acceptors (Lipinski definition) is 7. The molecule has 0 fully saturated rings. The van der Waals surface area contributed by atoms with E-state index in [0.717, 1.165) is 49.1 Å². The van der Waals surface area contributed by atoms with Crippen LogP contribution in [-0.2, 0) is 34.3 Å². The van der Waals surface area contributed by atoms with E-state index in [-0.39, 0.29) is 23.0 Å². The van der Waals surface area contributed by atoms with Gasteiger partial charge in [0.1, 0.15) is 5.00 Å². The van der Waals surface area contributed by atoms with Gasteiger partial charge < -0.3 is 14.6 Å². The van der Waals surface area contributed by atoms with Crippen molar-refractivity contribution in [1.29, 1.82) is 0 Å². The number of benzene rings is 1. The van der Waals surface area contributed by atoms with Gasteiger partial charge >= 0.3 is 5.97 Å². The molecule has 2 heterocycles. The van der Waals surface area contributed by atoms with Crippen LogP contribution in [0.3, 0.4) is 0 Å². The van der Waals surface area contributed by atoms with E-state index in [1.54, 1.807) is 0 Å². The molecule has 0 unspecified atom stereocenters. The number of fused-ring (bicyclic) bond motifs is 1. The molecule has 0 bridgehead atoms. The van der Waals surface area contributed by atoms with Crippen molar-refractivity contribution in [2.24, 2.45) is 0 Å². The number of thiophene rings is 1. The van der Waals surface area contributed by atoms with Crippen LogP contribution in [-0.4, -0.2) is 39.5 Å². The summed E-state index contributed by atoms with van der Waals surface area (Å²) in [5, 5.41) is 13.0. The number of ether oxygens (including phenoxy) is 1. The van der Waals surface area contributed by atoms with E-state index in [2.05, 4.69) is 60.6 Å². The summed E-state index contributed by atoms with van der Waals surface area (Å²) >= 11 is 2.85. The molecule has 7 nitrogen and oxygen atoms in total. The molecule has 9 heteroatoms. The number of rotatable bonds is 7. The Kier molecular flexibility index (Phi) is 8.20. The van der Waals surface area contributed by atoms with Gasteiger partial charge in [0.05, 0.1) is 18.4 Å². The molecule has 4 rings (SSSR count). The molecular formula is C27H34N4O3S2. The molecule has 1 amide bonds. The highest BCUT2D eigenvalue weighted by atomic mass is 32.2. The molecule has 36 heavy (non-hydrogen) atoms. The number of carbonyl (C=O) groups excluding carboxylic acids is 2. The van der Waals surface area contributed by atoms with Crippen LogP contribution in [0.4, 0.5) is 5.00 Å². The Hall–Kier alpha value is -2.65. The molecule has 0 spiro atoms. The highest BCUT2D eigenvalue weighted by Gasteiger charge is 2.26. The lowest BCUT2D eigenvalue weighted by atomic mass is 9.87. The minimum Gasteiger partial charge on any atom is -0.465 e. The van der Waals surface area contributed by atoms with Crippen molar-refractivity contribution in [2.75, 3.05) is 18.2 Å². The van der Waals surface area contributed by atoms with Crippen LogP contribution in [0.25, 0.3) is 11.4 Å². The Morgan fingerprint density at radius 1 is 1.11 bits per heavy atom. The number of thioether (sulfide) groups is 1. The number of nitrogens with zero attached hydrogens (tertiary/aromatic N) is 3. The maximum absolute atomic E-state index is 12.9. The number of anilines is 1. The molecule has 192 valence electrons. The predicted molar refractivity (Wildman–Crippen MR) is 146 cm³/mol. The number of amides is 1. The molecule has 0 aliphatic heterocycles. The summed E-state index contributed by atoms with van der Waals surface area (Å²) < 4.78 is 7.07. The number of aromatic nitrogens is 3. The van der Waals surface area contributed by atoms with Crippen LogP contribution in [0.5, 0.6) is 0 Å². The first-order chi connectivity index (χ1) is 17.2. The second kappa shape index (κ2) is 11.2. The first-order valence-corrected chi connectivity index (χ1v) is 14.2. The van der Waals surface area contributed by atoms with E-state index in [9.17, 15) is 9.59 Å². The van der Waals surface area contributed by atoms with E-state index in [1.165, 1.54) is 40.6 Å². The lowest BCUT2D eigenvalue weighted by Crippen LogP contribution is -2.16. The fourth-order valence-electron chi connectivity index (χ4n) is 4.45. The molecule has 0 saturated carbocycles. The quantitative estimate of drug-likeness (QED) is 0.227. The van der Waals surface area contributed by atoms with Crippen LogP contribution < -0.4 is 5.32 Å². The highest BCUT2D eigenvalue weighted by molar-refractivity contribution is 7.99. The molecule has 1 N–H and O–H groups in total. The van der Waals surface area contributed by atoms with Crippen LogP contribution >= 0.6 is 23.1 Å². The highest BCUT2D eigenvalue weighted by Crippen LogP contribution is 2.38. The molecule has 2 aromatic heterocycles. The Morgan fingerprint density at radius 3 is 2.50 bits per heavy atom. The summed E-state index contributed by atoms with van der Waals surface area (Å²) in [5.41, 5.74) is 3.91. The fourth-order valence-corrected chi connectivity index (χ4v) is 6.55. The summed E-state index contributed by atoms with van der Waals surface area (Å²) in [7, 11) is 1.39. The van der Waals surface area contributed by atoms with Crippen LogP contribution in [0, 0.1) is 0 Å². The summed E-state index contributed by atoms with van der Waals surface area (Å²) in [5.74, 6) is 0.397. The zero-order valence-corrected chi connectivity index (χ0v) is 23.3. The van der Waals surface area contributed by atoms with Crippen molar-refractivity contribution in [3.8, 4) is 11.4 Å². The smallest absolute Gasteiger partial charge is 0.341 e. The summed E-state index contributed by atoms with van der Waals surface area (Å²) in [4.78, 5) is 26.6. The van der Waals surface area contributed by atoms with Crippen molar-refractivity contribution in [3.05, 3.63) is 45.8 Å². The van der Waals surface area contributed by atoms with Crippen LogP contribution in [0.15, 0.2) is 29.4 Å². The topological polar surface area (TPSA) is 86.1 Å².